The molecule has 0 saturated heterocycles. The molecule has 0 aromatic heterocycles. The zero-order chi connectivity index (χ0) is 49.4. The summed E-state index contributed by atoms with van der Waals surface area (Å²) in [7, 11) is 1.51. The van der Waals surface area contributed by atoms with Crippen LogP contribution >= 0.6 is 0 Å². The van der Waals surface area contributed by atoms with Crippen LogP contribution in [0.15, 0.2) is 101 Å². The highest BCUT2D eigenvalue weighted by molar-refractivity contribution is 6.16. The Labute approximate surface area is 408 Å². The van der Waals surface area contributed by atoms with E-state index in [0.29, 0.717) is 82.2 Å². The molecular weight excluding hydrogens is 885 g/mol. The van der Waals surface area contributed by atoms with E-state index >= 15 is 0 Å². The van der Waals surface area contributed by atoms with Crippen molar-refractivity contribution in [2.75, 3.05) is 22.2 Å². The molecule has 0 radical (unpaired) electrons. The summed E-state index contributed by atoms with van der Waals surface area (Å²) in [6, 6.07) is 27.1. The maximum Gasteiger partial charge on any atom is 0.261 e. The van der Waals surface area contributed by atoms with Crippen molar-refractivity contribution in [2.45, 2.75) is 105 Å². The van der Waals surface area contributed by atoms with E-state index < -0.39 is 12.0 Å². The Morgan fingerprint density at radius 1 is 0.729 bits per heavy atom. The molecule has 0 bridgehead atoms. The number of aryl methyl sites for hydroxylation is 1. The van der Waals surface area contributed by atoms with Crippen molar-refractivity contribution in [3.63, 3.8) is 0 Å². The van der Waals surface area contributed by atoms with Gasteiger partial charge in [0.05, 0.1) is 47.7 Å². The minimum atomic E-state index is -0.747. The number of nitrogens with zero attached hydrogens (tertiary/aromatic N) is 4. The van der Waals surface area contributed by atoms with E-state index in [0.717, 1.165) is 28.1 Å². The molecule has 5 aromatic rings. The number of ketones is 1. The molecule has 4 atom stereocenters. The summed E-state index contributed by atoms with van der Waals surface area (Å²) in [5.74, 6) is -0.585. The smallest absolute Gasteiger partial charge is 0.261 e. The number of aliphatic imine (C=N–C) groups is 2. The van der Waals surface area contributed by atoms with Gasteiger partial charge in [-0.05, 0) is 96.0 Å². The molecule has 0 unspecified atom stereocenters. The molecule has 4 amide bonds. The number of para-hydroxylation sites is 2. The lowest BCUT2D eigenvalue weighted by atomic mass is 9.90. The number of amides is 4. The number of Topliss-reactive ketones (excluding diaryl/α,β-unsaturated/α-hetero) is 1. The molecular formula is C56H58N6O8. The number of hydrogen-bond donors (Lipinski definition) is 2. The van der Waals surface area contributed by atoms with Crippen molar-refractivity contribution < 1.29 is 38.2 Å². The van der Waals surface area contributed by atoms with Gasteiger partial charge < -0.3 is 24.8 Å². The Morgan fingerprint density at radius 3 is 1.84 bits per heavy atom. The van der Waals surface area contributed by atoms with Crippen LogP contribution in [0.25, 0.3) is 0 Å². The lowest BCUT2D eigenvalue weighted by Gasteiger charge is -2.22. The summed E-state index contributed by atoms with van der Waals surface area (Å²) in [6.07, 6.45) is 5.89. The third kappa shape index (κ3) is 9.94. The molecule has 0 saturated carbocycles. The quantitative estimate of drug-likeness (QED) is 0.105. The van der Waals surface area contributed by atoms with Crippen molar-refractivity contribution in [1.29, 1.82) is 0 Å². The van der Waals surface area contributed by atoms with Gasteiger partial charge >= 0.3 is 0 Å². The zero-order valence-corrected chi connectivity index (χ0v) is 40.6. The van der Waals surface area contributed by atoms with Crippen LogP contribution < -0.4 is 34.6 Å². The van der Waals surface area contributed by atoms with Gasteiger partial charge in [0.15, 0.2) is 17.3 Å². The fourth-order valence-corrected chi connectivity index (χ4v) is 9.43. The molecule has 0 aliphatic carbocycles. The lowest BCUT2D eigenvalue weighted by molar-refractivity contribution is -0.129. The van der Waals surface area contributed by atoms with Crippen LogP contribution in [0, 0.1) is 18.3 Å². The second-order valence-electron chi connectivity index (χ2n) is 19.9. The Morgan fingerprint density at radius 2 is 1.27 bits per heavy atom. The Bertz CT molecular complexity index is 2990. The van der Waals surface area contributed by atoms with Crippen molar-refractivity contribution in [3.8, 4) is 17.2 Å². The highest BCUT2D eigenvalue weighted by Gasteiger charge is 2.38. The van der Waals surface area contributed by atoms with E-state index in [9.17, 15) is 24.0 Å². The maximum atomic E-state index is 14.1. The van der Waals surface area contributed by atoms with Crippen LogP contribution in [-0.4, -0.2) is 67.1 Å². The van der Waals surface area contributed by atoms with Crippen LogP contribution in [0.1, 0.15) is 102 Å². The first-order valence-electron chi connectivity index (χ1n) is 23.8. The number of rotatable bonds is 15. The van der Waals surface area contributed by atoms with Crippen LogP contribution in [0.2, 0.25) is 0 Å². The molecule has 5 aromatic carbocycles. The molecule has 4 aliphatic rings. The first-order valence-corrected chi connectivity index (χ1v) is 23.8. The number of anilines is 3. The molecule has 4 aliphatic heterocycles. The molecule has 70 heavy (non-hydrogen) atoms. The van der Waals surface area contributed by atoms with Gasteiger partial charge in [0.2, 0.25) is 11.8 Å². The topological polar surface area (TPSA) is 168 Å². The third-order valence-electron chi connectivity index (χ3n) is 13.3. The van der Waals surface area contributed by atoms with Gasteiger partial charge in [-0.2, -0.15) is 0 Å². The highest BCUT2D eigenvalue weighted by atomic mass is 16.5. The number of ether oxygens (including phenoxy) is 3. The van der Waals surface area contributed by atoms with Gasteiger partial charge in [0, 0.05) is 73.2 Å². The van der Waals surface area contributed by atoms with Gasteiger partial charge in [0.25, 0.3) is 11.8 Å². The first kappa shape index (κ1) is 47.5. The summed E-state index contributed by atoms with van der Waals surface area (Å²) in [6.45, 7) is 11.5. The molecule has 0 fully saturated rings. The summed E-state index contributed by atoms with van der Waals surface area (Å²) in [5.41, 5.74) is 8.35. The first-order chi connectivity index (χ1) is 33.5. The number of nitrogens with one attached hydrogen (secondary N) is 2. The highest BCUT2D eigenvalue weighted by Crippen LogP contribution is 2.42. The third-order valence-corrected chi connectivity index (χ3v) is 13.3. The summed E-state index contributed by atoms with van der Waals surface area (Å²) in [5, 5.41) is 5.78. The average molecular weight is 943 g/mol. The minimum absolute atomic E-state index is 0.0220. The minimum Gasteiger partial charge on any atom is -0.493 e. The molecule has 360 valence electrons. The molecule has 14 nitrogen and oxygen atoms in total. The predicted molar refractivity (Wildman–Crippen MR) is 271 cm³/mol. The summed E-state index contributed by atoms with van der Waals surface area (Å²) >= 11 is 0. The monoisotopic (exact) mass is 942 g/mol. The van der Waals surface area contributed by atoms with E-state index in [2.05, 4.69) is 31.4 Å². The second-order valence-corrected chi connectivity index (χ2v) is 19.9. The lowest BCUT2D eigenvalue weighted by Crippen LogP contribution is -2.40. The molecule has 4 heterocycles. The second kappa shape index (κ2) is 19.4. The number of carbonyl (C=O) groups excluding carboxylic acids is 5. The number of fused-ring (bicyclic) bond motifs is 8. The van der Waals surface area contributed by atoms with Crippen molar-refractivity contribution in [1.82, 2.24) is 5.32 Å². The number of benzene rings is 5. The van der Waals surface area contributed by atoms with Gasteiger partial charge in [-0.3, -0.25) is 43.8 Å². The maximum absolute atomic E-state index is 14.1. The number of methoxy groups -OCH3 is 1. The van der Waals surface area contributed by atoms with Crippen LogP contribution in [0.5, 0.6) is 17.2 Å². The number of carbonyl (C=O) groups is 5. The van der Waals surface area contributed by atoms with Crippen molar-refractivity contribution >= 4 is 70.3 Å². The standard InChI is InChI=1S/C56H58N6O8/c1-32-18-42-44(57-28-40-23-37-12-8-10-14-46(37)61(40)54(42)66)26-49(32)69-30-35-20-36(22-39(21-35)60-53(65)33(2)19-48(63)34(3)59-52(64)16-17-56(4,5)6)31-70-51-27-45-43(25-50(51)68-7)55(67)62-41(29-58-45)24-38-13-9-11-15-47(38)62/h8-15,18,20-22,25-29,33-34,40-41H,16-17,19,23-24,30-31H2,1-7H3,(H,59,64)(H,60,65)/t33-,34+,40+,41+/m1/s1. The Hall–Kier alpha value is -7.61. The van der Waals surface area contributed by atoms with Gasteiger partial charge in [0.1, 0.15) is 19.0 Å². The van der Waals surface area contributed by atoms with Gasteiger partial charge in [-0.25, -0.2) is 0 Å². The van der Waals surface area contributed by atoms with Crippen LogP contribution in [0.4, 0.5) is 28.4 Å². The van der Waals surface area contributed by atoms with Crippen LogP contribution in [0.3, 0.4) is 0 Å². The van der Waals surface area contributed by atoms with Gasteiger partial charge in [-0.1, -0.05) is 64.1 Å². The Balaban J connectivity index is 0.943. The summed E-state index contributed by atoms with van der Waals surface area (Å²) in [4.78, 5) is 80.7. The fraction of sp³-hybridized carbons (Fsp3) is 0.339. The Kier molecular flexibility index (Phi) is 13.2. The van der Waals surface area contributed by atoms with E-state index in [-0.39, 0.29) is 66.5 Å². The van der Waals surface area contributed by atoms with E-state index in [1.165, 1.54) is 7.11 Å². The number of hydrogen-bond acceptors (Lipinski definition) is 10. The molecule has 2 N–H and O–H groups in total. The molecule has 0 spiro atoms. The van der Waals surface area contributed by atoms with Crippen molar-refractivity contribution in [3.05, 3.63) is 130 Å². The van der Waals surface area contributed by atoms with Crippen LogP contribution in [-0.2, 0) is 40.4 Å². The van der Waals surface area contributed by atoms with E-state index in [1.54, 1.807) is 55.3 Å². The SMILES string of the molecule is COc1cc2c(cc1OCc1cc(COc3cc4c(cc3C)C(=O)N3c5ccccc5C[C@H]3C=N4)cc(NC(=O)[C@H](C)CC(=O)[C@H](C)NC(=O)CCC(C)(C)C)c1)N=C[C@@H]1Cc3ccccc3N1C2=O. The fourth-order valence-electron chi connectivity index (χ4n) is 9.43. The average Bonchev–Trinajstić information content (AvgIpc) is 3.83. The predicted octanol–water partition coefficient (Wildman–Crippen LogP) is 9.60. The molecule has 9 rings (SSSR count). The largest absolute Gasteiger partial charge is 0.493 e. The van der Waals surface area contributed by atoms with E-state index in [1.807, 2.05) is 78.7 Å². The van der Waals surface area contributed by atoms with Crippen molar-refractivity contribution in [2.24, 2.45) is 21.3 Å². The molecule has 14 heteroatoms. The van der Waals surface area contributed by atoms with Gasteiger partial charge in [-0.15, -0.1) is 0 Å². The zero-order valence-electron chi connectivity index (χ0n) is 40.6. The van der Waals surface area contributed by atoms with E-state index in [4.69, 9.17) is 24.2 Å². The normalized spacial score (nSPS) is 17.2. The summed E-state index contributed by atoms with van der Waals surface area (Å²) < 4.78 is 18.7.